The third-order valence-corrected chi connectivity index (χ3v) is 2.29. The first kappa shape index (κ1) is 8.31. The smallest absolute Gasteiger partial charge is 0.303 e. The molecule has 0 aromatic carbocycles. The molecule has 2 heteroatoms. The normalized spacial score (nSPS) is 24.5. The fourth-order valence-electron chi connectivity index (χ4n) is 1.56. The summed E-state index contributed by atoms with van der Waals surface area (Å²) < 4.78 is 0. The average Bonchev–Trinajstić information content (AvgIpc) is 1.93. The van der Waals surface area contributed by atoms with Gasteiger partial charge in [-0.15, -0.1) is 0 Å². The third kappa shape index (κ3) is 2.37. The number of carboxylic acids is 1. The summed E-state index contributed by atoms with van der Waals surface area (Å²) in [6, 6.07) is 0. The molecular formula is C9H14O2. The SMILES string of the molecule is CC1=CCCCC1CC(=O)O. The van der Waals surface area contributed by atoms with E-state index < -0.39 is 5.97 Å². The highest BCUT2D eigenvalue weighted by Gasteiger charge is 2.16. The van der Waals surface area contributed by atoms with Crippen LogP contribution in [0, 0.1) is 5.92 Å². The zero-order valence-electron chi connectivity index (χ0n) is 6.84. The third-order valence-electron chi connectivity index (χ3n) is 2.29. The lowest BCUT2D eigenvalue weighted by Gasteiger charge is -2.19. The summed E-state index contributed by atoms with van der Waals surface area (Å²) in [7, 11) is 0. The summed E-state index contributed by atoms with van der Waals surface area (Å²) >= 11 is 0. The van der Waals surface area contributed by atoms with Crippen molar-refractivity contribution in [2.75, 3.05) is 0 Å². The highest BCUT2D eigenvalue weighted by molar-refractivity contribution is 5.67. The van der Waals surface area contributed by atoms with E-state index in [0.29, 0.717) is 12.3 Å². The van der Waals surface area contributed by atoms with E-state index in [1.807, 2.05) is 6.92 Å². The number of hydrogen-bond donors (Lipinski definition) is 1. The molecule has 1 N–H and O–H groups in total. The number of allylic oxidation sites excluding steroid dienone is 2. The van der Waals surface area contributed by atoms with Crippen molar-refractivity contribution in [1.29, 1.82) is 0 Å². The molecule has 2 nitrogen and oxygen atoms in total. The highest BCUT2D eigenvalue weighted by Crippen LogP contribution is 2.26. The first-order valence-electron chi connectivity index (χ1n) is 4.08. The Labute approximate surface area is 66.9 Å². The summed E-state index contributed by atoms with van der Waals surface area (Å²) in [6.45, 7) is 2.03. The van der Waals surface area contributed by atoms with Gasteiger partial charge in [0.15, 0.2) is 0 Å². The van der Waals surface area contributed by atoms with Crippen molar-refractivity contribution in [2.45, 2.75) is 32.6 Å². The Hall–Kier alpha value is -0.790. The van der Waals surface area contributed by atoms with Gasteiger partial charge in [0.05, 0.1) is 6.42 Å². The van der Waals surface area contributed by atoms with Crippen LogP contribution in [0.1, 0.15) is 32.6 Å². The maximum absolute atomic E-state index is 10.4. The zero-order chi connectivity index (χ0) is 8.27. The van der Waals surface area contributed by atoms with Crippen LogP contribution in [0.4, 0.5) is 0 Å². The minimum atomic E-state index is -0.676. The molecule has 0 amide bonds. The predicted molar refractivity (Wildman–Crippen MR) is 43.4 cm³/mol. The van der Waals surface area contributed by atoms with Crippen LogP contribution in [0.15, 0.2) is 11.6 Å². The van der Waals surface area contributed by atoms with E-state index in [9.17, 15) is 4.79 Å². The predicted octanol–water partition coefficient (Wildman–Crippen LogP) is 2.21. The van der Waals surface area contributed by atoms with E-state index in [1.54, 1.807) is 0 Å². The zero-order valence-corrected chi connectivity index (χ0v) is 6.84. The minimum absolute atomic E-state index is 0.307. The Morgan fingerprint density at radius 2 is 2.55 bits per heavy atom. The van der Waals surface area contributed by atoms with Gasteiger partial charge in [0.2, 0.25) is 0 Å². The summed E-state index contributed by atoms with van der Waals surface area (Å²) in [5.74, 6) is -0.370. The van der Waals surface area contributed by atoms with Crippen molar-refractivity contribution in [1.82, 2.24) is 0 Å². The molecule has 0 aliphatic heterocycles. The van der Waals surface area contributed by atoms with Gasteiger partial charge in [-0.2, -0.15) is 0 Å². The lowest BCUT2D eigenvalue weighted by molar-refractivity contribution is -0.137. The van der Waals surface area contributed by atoms with Crippen molar-refractivity contribution in [3.05, 3.63) is 11.6 Å². The van der Waals surface area contributed by atoms with Gasteiger partial charge in [-0.05, 0) is 32.1 Å². The van der Waals surface area contributed by atoms with Crippen LogP contribution in [0.3, 0.4) is 0 Å². The number of carboxylic acid groups (broad SMARTS) is 1. The molecule has 0 heterocycles. The molecule has 0 spiro atoms. The van der Waals surface area contributed by atoms with Crippen molar-refractivity contribution in [3.63, 3.8) is 0 Å². The van der Waals surface area contributed by atoms with E-state index >= 15 is 0 Å². The minimum Gasteiger partial charge on any atom is -0.481 e. The van der Waals surface area contributed by atoms with Gasteiger partial charge >= 0.3 is 5.97 Å². The quantitative estimate of drug-likeness (QED) is 0.619. The van der Waals surface area contributed by atoms with Crippen LogP contribution in [0.2, 0.25) is 0 Å². The second kappa shape index (κ2) is 3.56. The number of hydrogen-bond acceptors (Lipinski definition) is 1. The highest BCUT2D eigenvalue weighted by atomic mass is 16.4. The van der Waals surface area contributed by atoms with Crippen LogP contribution in [0.25, 0.3) is 0 Å². The van der Waals surface area contributed by atoms with E-state index in [1.165, 1.54) is 5.57 Å². The molecule has 1 unspecified atom stereocenters. The molecule has 0 bridgehead atoms. The summed E-state index contributed by atoms with van der Waals surface area (Å²) in [6.07, 6.45) is 5.80. The molecular weight excluding hydrogens is 140 g/mol. The topological polar surface area (TPSA) is 37.3 Å². The van der Waals surface area contributed by atoms with E-state index in [2.05, 4.69) is 6.08 Å². The van der Waals surface area contributed by atoms with E-state index in [4.69, 9.17) is 5.11 Å². The standard InChI is InChI=1S/C9H14O2/c1-7-4-2-3-5-8(7)6-9(10)11/h4,8H,2-3,5-6H2,1H3,(H,10,11). The van der Waals surface area contributed by atoms with Crippen molar-refractivity contribution in [2.24, 2.45) is 5.92 Å². The Kier molecular flexibility index (Phi) is 2.69. The molecule has 11 heavy (non-hydrogen) atoms. The molecule has 0 saturated heterocycles. The fourth-order valence-corrected chi connectivity index (χ4v) is 1.56. The second-order valence-corrected chi connectivity index (χ2v) is 3.17. The lowest BCUT2D eigenvalue weighted by atomic mass is 9.86. The van der Waals surface area contributed by atoms with Gasteiger partial charge in [0.25, 0.3) is 0 Å². The molecule has 1 aliphatic carbocycles. The van der Waals surface area contributed by atoms with E-state index in [0.717, 1.165) is 19.3 Å². The number of aliphatic carboxylic acids is 1. The van der Waals surface area contributed by atoms with Gasteiger partial charge in [-0.3, -0.25) is 4.79 Å². The van der Waals surface area contributed by atoms with Crippen LogP contribution < -0.4 is 0 Å². The molecule has 1 rings (SSSR count). The Bertz CT molecular complexity index is 182. The monoisotopic (exact) mass is 154 g/mol. The van der Waals surface area contributed by atoms with E-state index in [-0.39, 0.29) is 0 Å². The number of rotatable bonds is 2. The fraction of sp³-hybridized carbons (Fsp3) is 0.667. The summed E-state index contributed by atoms with van der Waals surface area (Å²) in [5, 5.41) is 8.56. The maximum atomic E-state index is 10.4. The van der Waals surface area contributed by atoms with Crippen molar-refractivity contribution >= 4 is 5.97 Å². The van der Waals surface area contributed by atoms with Gasteiger partial charge in [0, 0.05) is 0 Å². The Morgan fingerprint density at radius 1 is 1.82 bits per heavy atom. The van der Waals surface area contributed by atoms with Crippen molar-refractivity contribution < 1.29 is 9.90 Å². The van der Waals surface area contributed by atoms with Crippen LogP contribution >= 0.6 is 0 Å². The lowest BCUT2D eigenvalue weighted by Crippen LogP contribution is -2.11. The maximum Gasteiger partial charge on any atom is 0.303 e. The van der Waals surface area contributed by atoms with Crippen LogP contribution in [-0.2, 0) is 4.79 Å². The van der Waals surface area contributed by atoms with Crippen LogP contribution in [-0.4, -0.2) is 11.1 Å². The van der Waals surface area contributed by atoms with Crippen molar-refractivity contribution in [3.8, 4) is 0 Å². The molecule has 0 fully saturated rings. The van der Waals surface area contributed by atoms with Gasteiger partial charge in [-0.25, -0.2) is 0 Å². The Morgan fingerprint density at radius 3 is 3.09 bits per heavy atom. The molecule has 0 aromatic heterocycles. The summed E-state index contributed by atoms with van der Waals surface area (Å²) in [5.41, 5.74) is 1.26. The largest absolute Gasteiger partial charge is 0.481 e. The molecule has 1 atom stereocenters. The van der Waals surface area contributed by atoms with Crippen LogP contribution in [0.5, 0.6) is 0 Å². The molecule has 1 aliphatic rings. The average molecular weight is 154 g/mol. The number of carbonyl (C=O) groups is 1. The Balaban J connectivity index is 2.50. The first-order valence-corrected chi connectivity index (χ1v) is 4.08. The van der Waals surface area contributed by atoms with Gasteiger partial charge < -0.3 is 5.11 Å². The van der Waals surface area contributed by atoms with Gasteiger partial charge in [-0.1, -0.05) is 11.6 Å². The summed E-state index contributed by atoms with van der Waals surface area (Å²) in [4.78, 5) is 10.4. The molecule has 0 aromatic rings. The molecule has 0 saturated carbocycles. The molecule has 0 radical (unpaired) electrons. The molecule has 62 valence electrons. The second-order valence-electron chi connectivity index (χ2n) is 3.17. The van der Waals surface area contributed by atoms with Gasteiger partial charge in [0.1, 0.15) is 0 Å². The first-order chi connectivity index (χ1) is 5.20.